The van der Waals surface area contributed by atoms with E-state index in [4.69, 9.17) is 0 Å². The molecule has 21 heavy (non-hydrogen) atoms. The molecule has 1 aromatic rings. The molecule has 0 radical (unpaired) electrons. The van der Waals surface area contributed by atoms with Crippen molar-refractivity contribution in [2.24, 2.45) is 4.99 Å². The minimum Gasteiger partial charge on any atom is -0.357 e. The molecular formula is C17H30N4. The van der Waals surface area contributed by atoms with Gasteiger partial charge in [0.2, 0.25) is 0 Å². The van der Waals surface area contributed by atoms with Crippen molar-refractivity contribution in [2.75, 3.05) is 27.2 Å². The molecule has 0 saturated carbocycles. The number of hydrogen-bond donors (Lipinski definition) is 2. The van der Waals surface area contributed by atoms with Crippen molar-refractivity contribution in [2.45, 2.75) is 39.8 Å². The SMILES string of the molecule is CCNC(=NCc1cccc(C)c1)NCC(C)(C)N(C)C. The summed E-state index contributed by atoms with van der Waals surface area (Å²) in [5, 5.41) is 6.72. The molecule has 0 aliphatic carbocycles. The molecule has 2 N–H and O–H groups in total. The van der Waals surface area contributed by atoms with E-state index in [1.54, 1.807) is 0 Å². The highest BCUT2D eigenvalue weighted by molar-refractivity contribution is 5.79. The lowest BCUT2D eigenvalue weighted by atomic mass is 10.0. The smallest absolute Gasteiger partial charge is 0.191 e. The highest BCUT2D eigenvalue weighted by atomic mass is 15.2. The topological polar surface area (TPSA) is 39.7 Å². The predicted molar refractivity (Wildman–Crippen MR) is 91.8 cm³/mol. The Morgan fingerprint density at radius 2 is 1.95 bits per heavy atom. The molecule has 4 heteroatoms. The van der Waals surface area contributed by atoms with Crippen LogP contribution in [0.3, 0.4) is 0 Å². The fourth-order valence-electron chi connectivity index (χ4n) is 1.78. The molecule has 0 unspecified atom stereocenters. The van der Waals surface area contributed by atoms with Gasteiger partial charge in [0.15, 0.2) is 5.96 Å². The number of aliphatic imine (C=N–C) groups is 1. The molecule has 0 aromatic heterocycles. The van der Waals surface area contributed by atoms with Crippen molar-refractivity contribution in [3.63, 3.8) is 0 Å². The quantitative estimate of drug-likeness (QED) is 0.624. The number of hydrogen-bond acceptors (Lipinski definition) is 2. The molecule has 0 aliphatic heterocycles. The number of nitrogens with one attached hydrogen (secondary N) is 2. The van der Waals surface area contributed by atoms with Crippen molar-refractivity contribution in [1.82, 2.24) is 15.5 Å². The Kier molecular flexibility index (Phi) is 6.69. The number of rotatable bonds is 6. The number of guanidine groups is 1. The van der Waals surface area contributed by atoms with Gasteiger partial charge in [0.1, 0.15) is 0 Å². The monoisotopic (exact) mass is 290 g/mol. The first-order valence-corrected chi connectivity index (χ1v) is 7.60. The van der Waals surface area contributed by atoms with Gasteiger partial charge in [0.25, 0.3) is 0 Å². The number of nitrogens with zero attached hydrogens (tertiary/aromatic N) is 2. The molecule has 0 heterocycles. The summed E-state index contributed by atoms with van der Waals surface area (Å²) in [6.07, 6.45) is 0. The number of benzene rings is 1. The molecule has 1 aromatic carbocycles. The second kappa shape index (κ2) is 8.03. The lowest BCUT2D eigenvalue weighted by Crippen LogP contribution is -2.50. The third-order valence-corrected chi connectivity index (χ3v) is 3.75. The molecule has 0 saturated heterocycles. The summed E-state index contributed by atoms with van der Waals surface area (Å²) in [6, 6.07) is 8.48. The van der Waals surface area contributed by atoms with Gasteiger partial charge >= 0.3 is 0 Å². The summed E-state index contributed by atoms with van der Waals surface area (Å²) in [5.74, 6) is 0.869. The summed E-state index contributed by atoms with van der Waals surface area (Å²) in [6.45, 7) is 11.0. The molecular weight excluding hydrogens is 260 g/mol. The minimum atomic E-state index is 0.0829. The first kappa shape index (κ1) is 17.5. The normalized spacial score (nSPS) is 12.6. The van der Waals surface area contributed by atoms with E-state index in [9.17, 15) is 0 Å². The van der Waals surface area contributed by atoms with Gasteiger partial charge in [-0.3, -0.25) is 0 Å². The summed E-state index contributed by atoms with van der Waals surface area (Å²) in [4.78, 5) is 6.88. The van der Waals surface area contributed by atoms with Gasteiger partial charge in [0.05, 0.1) is 6.54 Å². The van der Waals surface area contributed by atoms with E-state index in [2.05, 4.69) is 86.6 Å². The molecule has 0 atom stereocenters. The fraction of sp³-hybridized carbons (Fsp3) is 0.588. The van der Waals surface area contributed by atoms with E-state index < -0.39 is 0 Å². The Bertz CT molecular complexity index is 464. The third-order valence-electron chi connectivity index (χ3n) is 3.75. The average Bonchev–Trinajstić information content (AvgIpc) is 2.42. The number of aryl methyl sites for hydroxylation is 1. The number of likely N-dealkylation sites (N-methyl/N-ethyl adjacent to an activating group) is 1. The first-order valence-electron chi connectivity index (χ1n) is 7.60. The van der Waals surface area contributed by atoms with Crippen molar-refractivity contribution < 1.29 is 0 Å². The minimum absolute atomic E-state index is 0.0829. The molecule has 0 bridgehead atoms. The van der Waals surface area contributed by atoms with Crippen LogP contribution in [0.25, 0.3) is 0 Å². The van der Waals surface area contributed by atoms with Gasteiger partial charge in [-0.25, -0.2) is 4.99 Å². The van der Waals surface area contributed by atoms with Crippen LogP contribution in [-0.2, 0) is 6.54 Å². The second-order valence-electron chi connectivity index (χ2n) is 6.24. The first-order chi connectivity index (χ1) is 9.85. The zero-order valence-electron chi connectivity index (χ0n) is 14.3. The van der Waals surface area contributed by atoms with Crippen LogP contribution in [0.15, 0.2) is 29.3 Å². The fourth-order valence-corrected chi connectivity index (χ4v) is 1.78. The van der Waals surface area contributed by atoms with Gasteiger partial charge in [-0.1, -0.05) is 29.8 Å². The highest BCUT2D eigenvalue weighted by Crippen LogP contribution is 2.08. The Hall–Kier alpha value is -1.55. The molecule has 0 amide bonds. The van der Waals surface area contributed by atoms with Gasteiger partial charge in [-0.05, 0) is 47.4 Å². The predicted octanol–water partition coefficient (Wildman–Crippen LogP) is 2.39. The van der Waals surface area contributed by atoms with E-state index in [1.165, 1.54) is 11.1 Å². The summed E-state index contributed by atoms with van der Waals surface area (Å²) >= 11 is 0. The maximum absolute atomic E-state index is 4.66. The Morgan fingerprint density at radius 1 is 1.24 bits per heavy atom. The lowest BCUT2D eigenvalue weighted by molar-refractivity contribution is 0.197. The Morgan fingerprint density at radius 3 is 2.52 bits per heavy atom. The van der Waals surface area contributed by atoms with Gasteiger partial charge < -0.3 is 15.5 Å². The van der Waals surface area contributed by atoms with Crippen LogP contribution >= 0.6 is 0 Å². The molecule has 0 fully saturated rings. The zero-order valence-corrected chi connectivity index (χ0v) is 14.3. The maximum Gasteiger partial charge on any atom is 0.191 e. The summed E-state index contributed by atoms with van der Waals surface area (Å²) < 4.78 is 0. The van der Waals surface area contributed by atoms with Crippen LogP contribution in [-0.4, -0.2) is 43.6 Å². The molecule has 118 valence electrons. The van der Waals surface area contributed by atoms with Crippen LogP contribution < -0.4 is 10.6 Å². The van der Waals surface area contributed by atoms with Gasteiger partial charge in [-0.2, -0.15) is 0 Å². The standard InChI is InChI=1S/C17H30N4/c1-7-18-16(20-13-17(3,4)21(5)6)19-12-15-10-8-9-14(2)11-15/h8-11H,7,12-13H2,1-6H3,(H2,18,19,20). The van der Waals surface area contributed by atoms with Crippen molar-refractivity contribution in [1.29, 1.82) is 0 Å². The van der Waals surface area contributed by atoms with Gasteiger partial charge in [-0.15, -0.1) is 0 Å². The van der Waals surface area contributed by atoms with Crippen molar-refractivity contribution >= 4 is 5.96 Å². The Balaban J connectivity index is 2.66. The molecule has 0 aliphatic rings. The van der Waals surface area contributed by atoms with E-state index in [0.717, 1.165) is 19.0 Å². The van der Waals surface area contributed by atoms with Crippen LogP contribution in [0.2, 0.25) is 0 Å². The van der Waals surface area contributed by atoms with Crippen LogP contribution in [0.1, 0.15) is 31.9 Å². The van der Waals surface area contributed by atoms with Crippen molar-refractivity contribution in [3.05, 3.63) is 35.4 Å². The summed E-state index contributed by atoms with van der Waals surface area (Å²) in [7, 11) is 4.19. The largest absolute Gasteiger partial charge is 0.357 e. The Labute approximate surface area is 129 Å². The third kappa shape index (κ3) is 6.17. The van der Waals surface area contributed by atoms with E-state index in [-0.39, 0.29) is 5.54 Å². The second-order valence-corrected chi connectivity index (χ2v) is 6.24. The molecule has 0 spiro atoms. The zero-order chi connectivity index (χ0) is 15.9. The van der Waals surface area contributed by atoms with Crippen LogP contribution in [0, 0.1) is 6.92 Å². The highest BCUT2D eigenvalue weighted by Gasteiger charge is 2.20. The van der Waals surface area contributed by atoms with Gasteiger partial charge in [0, 0.05) is 18.6 Å². The summed E-state index contributed by atoms with van der Waals surface area (Å²) in [5.41, 5.74) is 2.59. The van der Waals surface area contributed by atoms with E-state index >= 15 is 0 Å². The van der Waals surface area contributed by atoms with Crippen LogP contribution in [0.5, 0.6) is 0 Å². The maximum atomic E-state index is 4.66. The molecule has 4 nitrogen and oxygen atoms in total. The van der Waals surface area contributed by atoms with Crippen molar-refractivity contribution in [3.8, 4) is 0 Å². The molecule has 1 rings (SSSR count). The average molecular weight is 290 g/mol. The van der Waals surface area contributed by atoms with E-state index in [0.29, 0.717) is 6.54 Å². The van der Waals surface area contributed by atoms with Crippen LogP contribution in [0.4, 0.5) is 0 Å². The van der Waals surface area contributed by atoms with E-state index in [1.807, 2.05) is 0 Å². The lowest BCUT2D eigenvalue weighted by Gasteiger charge is -2.33.